The second-order valence-corrected chi connectivity index (χ2v) is 8.60. The molecule has 0 spiro atoms. The summed E-state index contributed by atoms with van der Waals surface area (Å²) in [6.07, 6.45) is 1.70. The van der Waals surface area contributed by atoms with E-state index in [1.807, 2.05) is 49.1 Å². The summed E-state index contributed by atoms with van der Waals surface area (Å²) in [6.45, 7) is 8.14. The lowest BCUT2D eigenvalue weighted by Crippen LogP contribution is -2.69. The van der Waals surface area contributed by atoms with Crippen LogP contribution in [-0.4, -0.2) is 78.5 Å². The molecule has 3 N–H and O–H groups in total. The summed E-state index contributed by atoms with van der Waals surface area (Å²) in [6, 6.07) is 13.1. The van der Waals surface area contributed by atoms with Crippen LogP contribution in [0.4, 0.5) is 5.69 Å². The molecule has 2 aromatic rings. The molecule has 2 saturated heterocycles. The molecule has 4 rings (SSSR count). The zero-order chi connectivity index (χ0) is 22.6. The van der Waals surface area contributed by atoms with Crippen molar-refractivity contribution in [1.29, 1.82) is 0 Å². The number of nitrogens with one attached hydrogen (secondary N) is 3. The highest BCUT2D eigenvalue weighted by atomic mass is 16.2. The van der Waals surface area contributed by atoms with Crippen molar-refractivity contribution in [3.63, 3.8) is 0 Å². The lowest BCUT2D eigenvalue weighted by molar-refractivity contribution is -0.146. The smallest absolute Gasteiger partial charge is 0.256 e. The normalized spacial score (nSPS) is 21.5. The van der Waals surface area contributed by atoms with Gasteiger partial charge in [0.15, 0.2) is 5.54 Å². The largest absolute Gasteiger partial charge is 0.381 e. The maximum absolute atomic E-state index is 14.3. The van der Waals surface area contributed by atoms with Crippen LogP contribution < -0.4 is 16.0 Å². The van der Waals surface area contributed by atoms with Gasteiger partial charge in [0.25, 0.3) is 11.8 Å². The molecule has 2 aliphatic rings. The van der Waals surface area contributed by atoms with Crippen LogP contribution >= 0.6 is 0 Å². The second-order valence-electron chi connectivity index (χ2n) is 8.60. The van der Waals surface area contributed by atoms with Crippen molar-refractivity contribution in [2.45, 2.75) is 25.4 Å². The summed E-state index contributed by atoms with van der Waals surface area (Å²) in [5.74, 6) is -0.238. The van der Waals surface area contributed by atoms with Crippen LogP contribution in [0.5, 0.6) is 0 Å². The van der Waals surface area contributed by atoms with E-state index in [9.17, 15) is 9.59 Å². The molecular weight excluding hydrogens is 404 g/mol. The molecule has 8 heteroatoms. The molecule has 0 aliphatic carbocycles. The minimum atomic E-state index is -1.24. The number of carbonyl (C=O) groups is 2. The Hall–Kier alpha value is -2.97. The van der Waals surface area contributed by atoms with Crippen LogP contribution in [0.2, 0.25) is 0 Å². The summed E-state index contributed by atoms with van der Waals surface area (Å²) in [5.41, 5.74) is 0.705. The molecular formula is C24H32N6O2. The fourth-order valence-electron chi connectivity index (χ4n) is 4.55. The van der Waals surface area contributed by atoms with E-state index in [0.29, 0.717) is 44.0 Å². The molecule has 2 aliphatic heterocycles. The molecule has 1 aromatic carbocycles. The van der Waals surface area contributed by atoms with Gasteiger partial charge in [0.2, 0.25) is 0 Å². The van der Waals surface area contributed by atoms with Crippen molar-refractivity contribution in [3.05, 3.63) is 59.9 Å². The summed E-state index contributed by atoms with van der Waals surface area (Å²) in [5, 5.41) is 10.1. The van der Waals surface area contributed by atoms with E-state index in [1.165, 1.54) is 0 Å². The van der Waals surface area contributed by atoms with Crippen molar-refractivity contribution >= 4 is 17.5 Å². The predicted molar refractivity (Wildman–Crippen MR) is 124 cm³/mol. The Morgan fingerprint density at radius 1 is 1.00 bits per heavy atom. The first-order valence-electron chi connectivity index (χ1n) is 11.3. The molecule has 2 amide bonds. The number of piperazine rings is 2. The van der Waals surface area contributed by atoms with Gasteiger partial charge in [-0.05, 0) is 38.1 Å². The van der Waals surface area contributed by atoms with Gasteiger partial charge >= 0.3 is 0 Å². The third-order valence-electron chi connectivity index (χ3n) is 6.02. The van der Waals surface area contributed by atoms with Crippen molar-refractivity contribution in [3.8, 4) is 0 Å². The van der Waals surface area contributed by atoms with Crippen molar-refractivity contribution in [1.82, 2.24) is 25.4 Å². The van der Waals surface area contributed by atoms with Crippen LogP contribution in [0.1, 0.15) is 29.9 Å². The van der Waals surface area contributed by atoms with E-state index < -0.39 is 5.54 Å². The minimum Gasteiger partial charge on any atom is -0.381 e. The number of amides is 2. The lowest BCUT2D eigenvalue weighted by Gasteiger charge is -2.48. The standard InChI is InChI=1S/C24H32N6O2/c1-18(2)28-20-9-6-10-27-21(20)24(23(32)29-14-11-25-12-15-29)17-26-13-16-30(24)22(31)19-7-4-3-5-8-19/h3-10,18,25-26,28H,11-17H2,1-2H3. The van der Waals surface area contributed by atoms with Crippen LogP contribution in [0.15, 0.2) is 48.7 Å². The van der Waals surface area contributed by atoms with Crippen LogP contribution in [0.3, 0.4) is 0 Å². The number of hydrogen-bond acceptors (Lipinski definition) is 6. The van der Waals surface area contributed by atoms with Gasteiger partial charge in [-0.2, -0.15) is 0 Å². The summed E-state index contributed by atoms with van der Waals surface area (Å²) >= 11 is 0. The van der Waals surface area contributed by atoms with E-state index in [-0.39, 0.29) is 17.9 Å². The highest BCUT2D eigenvalue weighted by molar-refractivity contribution is 6.00. The first-order chi connectivity index (χ1) is 15.5. The zero-order valence-electron chi connectivity index (χ0n) is 18.8. The van der Waals surface area contributed by atoms with Crippen LogP contribution in [0, 0.1) is 0 Å². The summed E-state index contributed by atoms with van der Waals surface area (Å²) in [7, 11) is 0. The van der Waals surface area contributed by atoms with Gasteiger partial charge in [0, 0.05) is 63.6 Å². The molecule has 1 atom stereocenters. The van der Waals surface area contributed by atoms with Crippen molar-refractivity contribution in [2.24, 2.45) is 0 Å². The van der Waals surface area contributed by atoms with Crippen molar-refractivity contribution in [2.75, 3.05) is 51.1 Å². The molecule has 0 bridgehead atoms. The molecule has 32 heavy (non-hydrogen) atoms. The Kier molecular flexibility index (Phi) is 6.72. The SMILES string of the molecule is CC(C)Nc1cccnc1C1(C(=O)N2CCNCC2)CNCCN1C(=O)c1ccccc1. The Morgan fingerprint density at radius 2 is 1.72 bits per heavy atom. The number of aromatic nitrogens is 1. The Balaban J connectivity index is 1.86. The van der Waals surface area contributed by atoms with Gasteiger partial charge in [0.05, 0.1) is 5.69 Å². The number of anilines is 1. The fraction of sp³-hybridized carbons (Fsp3) is 0.458. The number of pyridine rings is 1. The Bertz CT molecular complexity index is 945. The van der Waals surface area contributed by atoms with E-state index in [0.717, 1.165) is 18.8 Å². The topological polar surface area (TPSA) is 89.6 Å². The monoisotopic (exact) mass is 436 g/mol. The Labute approximate surface area is 189 Å². The minimum absolute atomic E-state index is 0.0824. The summed E-state index contributed by atoms with van der Waals surface area (Å²) < 4.78 is 0. The molecule has 170 valence electrons. The highest BCUT2D eigenvalue weighted by Crippen LogP contribution is 2.37. The van der Waals surface area contributed by atoms with Crippen molar-refractivity contribution < 1.29 is 9.59 Å². The Morgan fingerprint density at radius 3 is 2.44 bits per heavy atom. The van der Waals surface area contributed by atoms with Crippen LogP contribution in [0.25, 0.3) is 0 Å². The van der Waals surface area contributed by atoms with Gasteiger partial charge < -0.3 is 25.8 Å². The average Bonchev–Trinajstić information content (AvgIpc) is 2.84. The molecule has 8 nitrogen and oxygen atoms in total. The summed E-state index contributed by atoms with van der Waals surface area (Å²) in [4.78, 5) is 36.3. The van der Waals surface area contributed by atoms with E-state index in [2.05, 4.69) is 16.0 Å². The third-order valence-corrected chi connectivity index (χ3v) is 6.02. The molecule has 1 aromatic heterocycles. The lowest BCUT2D eigenvalue weighted by atomic mass is 9.86. The number of hydrogen-bond donors (Lipinski definition) is 3. The van der Waals surface area contributed by atoms with Gasteiger partial charge in [-0.1, -0.05) is 18.2 Å². The van der Waals surface area contributed by atoms with E-state index >= 15 is 0 Å². The van der Waals surface area contributed by atoms with Crippen LogP contribution in [-0.2, 0) is 10.3 Å². The fourth-order valence-corrected chi connectivity index (χ4v) is 4.55. The molecule has 3 heterocycles. The molecule has 2 fully saturated rings. The zero-order valence-corrected chi connectivity index (χ0v) is 18.8. The first-order valence-corrected chi connectivity index (χ1v) is 11.3. The van der Waals surface area contributed by atoms with E-state index in [4.69, 9.17) is 4.98 Å². The average molecular weight is 437 g/mol. The number of nitrogens with zero attached hydrogens (tertiary/aromatic N) is 3. The maximum atomic E-state index is 14.3. The molecule has 1 unspecified atom stereocenters. The number of benzene rings is 1. The van der Waals surface area contributed by atoms with Gasteiger partial charge in [-0.3, -0.25) is 14.6 Å². The van der Waals surface area contributed by atoms with Gasteiger partial charge in [-0.15, -0.1) is 0 Å². The quantitative estimate of drug-likeness (QED) is 0.654. The number of carbonyl (C=O) groups excluding carboxylic acids is 2. The maximum Gasteiger partial charge on any atom is 0.256 e. The predicted octanol–water partition coefficient (Wildman–Crippen LogP) is 1.27. The van der Waals surface area contributed by atoms with Gasteiger partial charge in [-0.25, -0.2) is 0 Å². The van der Waals surface area contributed by atoms with E-state index in [1.54, 1.807) is 23.2 Å². The third kappa shape index (κ3) is 4.20. The molecule has 0 radical (unpaired) electrons. The number of rotatable bonds is 5. The molecule has 0 saturated carbocycles. The van der Waals surface area contributed by atoms with Gasteiger partial charge in [0.1, 0.15) is 5.69 Å². The highest BCUT2D eigenvalue weighted by Gasteiger charge is 2.53. The second kappa shape index (κ2) is 9.67. The first kappa shape index (κ1) is 22.2.